The summed E-state index contributed by atoms with van der Waals surface area (Å²) in [4.78, 5) is 22.2. The highest BCUT2D eigenvalue weighted by Crippen LogP contribution is 2.07. The average molecular weight is 192 g/mol. The van der Waals surface area contributed by atoms with Crippen molar-refractivity contribution in [3.63, 3.8) is 0 Å². The summed E-state index contributed by atoms with van der Waals surface area (Å²) in [5, 5.41) is 4.92. The molecular formula is C9H8N2O3. The average Bonchev–Trinajstić information content (AvgIpc) is 2.64. The fourth-order valence-electron chi connectivity index (χ4n) is 1.13. The van der Waals surface area contributed by atoms with Gasteiger partial charge in [0.2, 0.25) is 5.91 Å². The van der Waals surface area contributed by atoms with Crippen molar-refractivity contribution in [3.05, 3.63) is 29.9 Å². The van der Waals surface area contributed by atoms with Gasteiger partial charge >= 0.3 is 0 Å². The van der Waals surface area contributed by atoms with E-state index >= 15 is 0 Å². The highest BCUT2D eigenvalue weighted by atomic mass is 16.3. The summed E-state index contributed by atoms with van der Waals surface area (Å²) in [7, 11) is 0. The van der Waals surface area contributed by atoms with E-state index in [0.717, 1.165) is 5.56 Å². The lowest BCUT2D eigenvalue weighted by atomic mass is 10.2. The molecule has 0 aliphatic carbocycles. The van der Waals surface area contributed by atoms with Gasteiger partial charge in [-0.05, 0) is 12.1 Å². The van der Waals surface area contributed by atoms with E-state index in [0.29, 0.717) is 0 Å². The van der Waals surface area contributed by atoms with Gasteiger partial charge in [0.15, 0.2) is 0 Å². The van der Waals surface area contributed by atoms with Crippen molar-refractivity contribution in [2.24, 2.45) is 0 Å². The number of carbonyl (C=O) groups is 2. The van der Waals surface area contributed by atoms with Crippen LogP contribution in [0.15, 0.2) is 28.7 Å². The first-order valence-corrected chi connectivity index (χ1v) is 4.07. The van der Waals surface area contributed by atoms with Gasteiger partial charge < -0.3 is 15.1 Å². The third-order valence-corrected chi connectivity index (χ3v) is 1.78. The lowest BCUT2D eigenvalue weighted by Gasteiger charge is -2.15. The van der Waals surface area contributed by atoms with Crippen LogP contribution in [0.3, 0.4) is 0 Å². The minimum absolute atomic E-state index is 0.0293. The van der Waals surface area contributed by atoms with E-state index in [-0.39, 0.29) is 24.1 Å². The van der Waals surface area contributed by atoms with Crippen molar-refractivity contribution in [2.45, 2.75) is 0 Å². The Kier molecular flexibility index (Phi) is 2.06. The largest absolute Gasteiger partial charge is 0.472 e. The maximum atomic E-state index is 11.2. The zero-order valence-corrected chi connectivity index (χ0v) is 7.24. The van der Waals surface area contributed by atoms with Gasteiger partial charge in [-0.25, -0.2) is 0 Å². The number of furan rings is 1. The zero-order chi connectivity index (χ0) is 9.97. The van der Waals surface area contributed by atoms with Crippen LogP contribution in [-0.2, 0) is 9.59 Å². The molecule has 1 fully saturated rings. The summed E-state index contributed by atoms with van der Waals surface area (Å²) >= 11 is 0. The second-order valence-electron chi connectivity index (χ2n) is 2.85. The van der Waals surface area contributed by atoms with Gasteiger partial charge in [-0.2, -0.15) is 0 Å². The van der Waals surface area contributed by atoms with Crippen LogP contribution in [0.4, 0.5) is 0 Å². The van der Waals surface area contributed by atoms with E-state index in [2.05, 4.69) is 10.6 Å². The lowest BCUT2D eigenvalue weighted by Crippen LogP contribution is -2.46. The highest BCUT2D eigenvalue weighted by molar-refractivity contribution is 6.05. The molecule has 2 N–H and O–H groups in total. The van der Waals surface area contributed by atoms with Crippen molar-refractivity contribution in [1.29, 1.82) is 0 Å². The molecule has 1 aromatic heterocycles. The molecule has 0 atom stereocenters. The monoisotopic (exact) mass is 192 g/mol. The van der Waals surface area contributed by atoms with Crippen molar-refractivity contribution in [1.82, 2.24) is 10.6 Å². The number of hydrogen-bond acceptors (Lipinski definition) is 3. The van der Waals surface area contributed by atoms with Crippen LogP contribution >= 0.6 is 0 Å². The summed E-state index contributed by atoms with van der Waals surface area (Å²) in [6.07, 6.45) is 4.53. The standard InChI is InChI=1S/C9H8N2O3/c12-8-4-10-9(13)7(11-8)3-6-1-2-14-5-6/h1-3,5H,4H2,(H,10,13)(H,11,12). The summed E-state index contributed by atoms with van der Waals surface area (Å²) in [5.74, 6) is -0.509. The van der Waals surface area contributed by atoms with Gasteiger partial charge in [0.05, 0.1) is 19.1 Å². The molecule has 1 saturated heterocycles. The SMILES string of the molecule is O=C1CNC(=O)C(=Cc2ccoc2)N1. The zero-order valence-electron chi connectivity index (χ0n) is 7.24. The first-order chi connectivity index (χ1) is 6.75. The van der Waals surface area contributed by atoms with Gasteiger partial charge in [0.1, 0.15) is 5.70 Å². The second kappa shape index (κ2) is 3.37. The second-order valence-corrected chi connectivity index (χ2v) is 2.85. The smallest absolute Gasteiger partial charge is 0.268 e. The van der Waals surface area contributed by atoms with E-state index in [1.807, 2.05) is 0 Å². The van der Waals surface area contributed by atoms with Crippen LogP contribution in [0.1, 0.15) is 5.56 Å². The van der Waals surface area contributed by atoms with Crippen molar-refractivity contribution in [3.8, 4) is 0 Å². The molecule has 1 aromatic rings. The predicted octanol–water partition coefficient (Wildman–Crippen LogP) is -0.133. The molecule has 0 radical (unpaired) electrons. The molecule has 0 unspecified atom stereocenters. The summed E-state index contributed by atoms with van der Waals surface area (Å²) in [5.41, 5.74) is 0.972. The Hall–Kier alpha value is -2.04. The van der Waals surface area contributed by atoms with Crippen molar-refractivity contribution >= 4 is 17.9 Å². The normalized spacial score (nSPS) is 19.3. The molecule has 1 aliphatic rings. The fraction of sp³-hybridized carbons (Fsp3) is 0.111. The number of nitrogens with one attached hydrogen (secondary N) is 2. The molecule has 14 heavy (non-hydrogen) atoms. The molecule has 0 aromatic carbocycles. The first-order valence-electron chi connectivity index (χ1n) is 4.07. The van der Waals surface area contributed by atoms with E-state index in [4.69, 9.17) is 4.42 Å². The van der Waals surface area contributed by atoms with Crippen LogP contribution in [0.25, 0.3) is 6.08 Å². The maximum Gasteiger partial charge on any atom is 0.268 e. The molecule has 0 spiro atoms. The van der Waals surface area contributed by atoms with Crippen LogP contribution in [-0.4, -0.2) is 18.4 Å². The molecule has 5 nitrogen and oxygen atoms in total. The van der Waals surface area contributed by atoms with E-state index < -0.39 is 0 Å². The van der Waals surface area contributed by atoms with E-state index in [9.17, 15) is 9.59 Å². The van der Waals surface area contributed by atoms with Crippen molar-refractivity contribution < 1.29 is 14.0 Å². The molecule has 1 aliphatic heterocycles. The van der Waals surface area contributed by atoms with E-state index in [1.54, 1.807) is 12.1 Å². The number of rotatable bonds is 1. The number of carbonyl (C=O) groups excluding carboxylic acids is 2. The Bertz CT molecular complexity index is 392. The minimum atomic E-state index is -0.286. The fourth-order valence-corrected chi connectivity index (χ4v) is 1.13. The molecule has 72 valence electrons. The number of piperazine rings is 1. The van der Waals surface area contributed by atoms with Gasteiger partial charge in [0, 0.05) is 5.56 Å². The van der Waals surface area contributed by atoms with Gasteiger partial charge in [-0.15, -0.1) is 0 Å². The topological polar surface area (TPSA) is 71.3 Å². The third-order valence-electron chi connectivity index (χ3n) is 1.78. The molecule has 2 rings (SSSR count). The highest BCUT2D eigenvalue weighted by Gasteiger charge is 2.19. The minimum Gasteiger partial charge on any atom is -0.472 e. The maximum absolute atomic E-state index is 11.2. The molecule has 0 bridgehead atoms. The molecular weight excluding hydrogens is 184 g/mol. The van der Waals surface area contributed by atoms with Gasteiger partial charge in [0.25, 0.3) is 5.91 Å². The number of hydrogen-bond donors (Lipinski definition) is 2. The first kappa shape index (κ1) is 8.55. The van der Waals surface area contributed by atoms with Gasteiger partial charge in [-0.1, -0.05) is 0 Å². The third kappa shape index (κ3) is 1.66. The lowest BCUT2D eigenvalue weighted by molar-refractivity contribution is -0.127. The van der Waals surface area contributed by atoms with Crippen LogP contribution in [0.2, 0.25) is 0 Å². The molecule has 5 heteroatoms. The number of amides is 2. The summed E-state index contributed by atoms with van der Waals surface area (Å²) < 4.78 is 4.83. The van der Waals surface area contributed by atoms with Crippen LogP contribution in [0.5, 0.6) is 0 Å². The van der Waals surface area contributed by atoms with Gasteiger partial charge in [-0.3, -0.25) is 9.59 Å². The van der Waals surface area contributed by atoms with Crippen LogP contribution in [0, 0.1) is 0 Å². The Morgan fingerprint density at radius 3 is 3.00 bits per heavy atom. The Labute approximate surface area is 79.8 Å². The molecule has 2 heterocycles. The summed E-state index contributed by atoms with van der Waals surface area (Å²) in [6.45, 7) is 0.0293. The summed E-state index contributed by atoms with van der Waals surface area (Å²) in [6, 6.07) is 1.70. The Morgan fingerprint density at radius 2 is 2.29 bits per heavy atom. The van der Waals surface area contributed by atoms with E-state index in [1.165, 1.54) is 12.5 Å². The Morgan fingerprint density at radius 1 is 1.43 bits per heavy atom. The Balaban J connectivity index is 2.23. The predicted molar refractivity (Wildman–Crippen MR) is 47.8 cm³/mol. The van der Waals surface area contributed by atoms with Crippen LogP contribution < -0.4 is 10.6 Å². The molecule has 2 amide bonds. The quantitative estimate of drug-likeness (QED) is 0.608. The van der Waals surface area contributed by atoms with Crippen molar-refractivity contribution in [2.75, 3.05) is 6.54 Å². The molecule has 0 saturated carbocycles.